The van der Waals surface area contributed by atoms with Gasteiger partial charge in [0.1, 0.15) is 5.54 Å². The van der Waals surface area contributed by atoms with E-state index >= 15 is 0 Å². The molecule has 0 unspecified atom stereocenters. The maximum atomic E-state index is 12.8. The number of carbonyl (C=O) groups excluding carboxylic acids is 1. The number of carbonyl (C=O) groups is 1. The summed E-state index contributed by atoms with van der Waals surface area (Å²) < 4.78 is 5.12. The fourth-order valence-corrected chi connectivity index (χ4v) is 3.51. The molecule has 1 atom stereocenters. The van der Waals surface area contributed by atoms with Crippen molar-refractivity contribution in [2.75, 3.05) is 0 Å². The van der Waals surface area contributed by atoms with E-state index in [1.165, 1.54) is 0 Å². The van der Waals surface area contributed by atoms with Gasteiger partial charge < -0.3 is 14.7 Å². The molecule has 1 aromatic heterocycles. The highest BCUT2D eigenvalue weighted by Crippen LogP contribution is 2.37. The van der Waals surface area contributed by atoms with Gasteiger partial charge in [-0.25, -0.2) is 0 Å². The van der Waals surface area contributed by atoms with Crippen LogP contribution in [-0.4, -0.2) is 27.9 Å². The van der Waals surface area contributed by atoms with Crippen LogP contribution in [-0.2, 0) is 15.2 Å². The van der Waals surface area contributed by atoms with Crippen molar-refractivity contribution in [3.05, 3.63) is 47.6 Å². The Bertz CT molecular complexity index is 794. The van der Waals surface area contributed by atoms with Gasteiger partial charge >= 0.3 is 0 Å². The minimum atomic E-state index is -0.624. The van der Waals surface area contributed by atoms with Crippen molar-refractivity contribution >= 4 is 11.6 Å². The zero-order valence-corrected chi connectivity index (χ0v) is 14.1. The first-order valence-electron chi connectivity index (χ1n) is 8.57. The van der Waals surface area contributed by atoms with Crippen molar-refractivity contribution < 1.29 is 14.2 Å². The molecular weight excluding hydrogens is 320 g/mol. The van der Waals surface area contributed by atoms with Crippen LogP contribution >= 0.6 is 0 Å². The summed E-state index contributed by atoms with van der Waals surface area (Å²) in [6.07, 6.45) is 3.47. The summed E-state index contributed by atoms with van der Waals surface area (Å²) in [5.41, 5.74) is 1.20. The molecule has 1 saturated carbocycles. The number of rotatable bonds is 4. The zero-order chi connectivity index (χ0) is 17.3. The normalized spacial score (nSPS) is 21.6. The van der Waals surface area contributed by atoms with Crippen LogP contribution in [0.3, 0.4) is 0 Å². The molecule has 0 spiro atoms. The predicted molar refractivity (Wildman–Crippen MR) is 89.8 cm³/mol. The van der Waals surface area contributed by atoms with E-state index in [-0.39, 0.29) is 5.91 Å². The number of hydrogen-bond donors (Lipinski definition) is 1. The van der Waals surface area contributed by atoms with Gasteiger partial charge in [0.25, 0.3) is 5.91 Å². The van der Waals surface area contributed by atoms with Crippen LogP contribution in [0, 0.1) is 6.92 Å². The summed E-state index contributed by atoms with van der Waals surface area (Å²) in [5.74, 6) is 0.874. The molecule has 1 N–H and O–H groups in total. The number of aryl methyl sites for hydroxylation is 1. The van der Waals surface area contributed by atoms with E-state index in [1.54, 1.807) is 6.92 Å². The molecule has 130 valence electrons. The predicted octanol–water partition coefficient (Wildman–Crippen LogP) is 2.46. The first-order chi connectivity index (χ1) is 12.2. The Morgan fingerprint density at radius 2 is 2.00 bits per heavy atom. The van der Waals surface area contributed by atoms with Crippen molar-refractivity contribution in [3.8, 4) is 0 Å². The van der Waals surface area contributed by atoms with Gasteiger partial charge in [-0.3, -0.25) is 4.79 Å². The van der Waals surface area contributed by atoms with E-state index in [1.807, 2.05) is 30.3 Å². The first kappa shape index (κ1) is 15.8. The van der Waals surface area contributed by atoms with Crippen LogP contribution in [0.5, 0.6) is 0 Å². The topological polar surface area (TPSA) is 89.6 Å². The second-order valence-corrected chi connectivity index (χ2v) is 6.62. The van der Waals surface area contributed by atoms with Crippen LogP contribution in [0.25, 0.3) is 0 Å². The van der Waals surface area contributed by atoms with E-state index in [9.17, 15) is 4.79 Å². The van der Waals surface area contributed by atoms with Gasteiger partial charge in [0.15, 0.2) is 5.82 Å². The molecule has 4 rings (SSSR count). The molecule has 7 nitrogen and oxygen atoms in total. The highest BCUT2D eigenvalue weighted by molar-refractivity contribution is 6.04. The highest BCUT2D eigenvalue weighted by Gasteiger charge is 2.43. The fourth-order valence-electron chi connectivity index (χ4n) is 3.51. The average Bonchev–Trinajstić information content (AvgIpc) is 3.36. The monoisotopic (exact) mass is 340 g/mol. The molecule has 25 heavy (non-hydrogen) atoms. The lowest BCUT2D eigenvalue weighted by molar-refractivity contribution is -0.133. The SMILES string of the molecule is Cc1nc(C2(NC(=O)[C@H]3CC(c4ccccc4)=NO3)CCCC2)no1. The Hall–Kier alpha value is -2.70. The Morgan fingerprint density at radius 3 is 2.68 bits per heavy atom. The second kappa shape index (κ2) is 6.31. The highest BCUT2D eigenvalue weighted by atomic mass is 16.6. The molecule has 2 heterocycles. The number of oxime groups is 1. The molecule has 2 aliphatic rings. The third kappa shape index (κ3) is 3.01. The van der Waals surface area contributed by atoms with Gasteiger partial charge in [-0.1, -0.05) is 53.5 Å². The molecule has 0 saturated heterocycles. The summed E-state index contributed by atoms with van der Waals surface area (Å²) >= 11 is 0. The Labute approximate surface area is 145 Å². The summed E-state index contributed by atoms with van der Waals surface area (Å²) in [5, 5.41) is 11.2. The fraction of sp³-hybridized carbons (Fsp3) is 0.444. The van der Waals surface area contributed by atoms with Crippen LogP contribution in [0.15, 0.2) is 40.0 Å². The zero-order valence-electron chi connectivity index (χ0n) is 14.1. The number of amides is 1. The third-order valence-corrected chi connectivity index (χ3v) is 4.84. The van der Waals surface area contributed by atoms with Gasteiger partial charge in [0, 0.05) is 13.3 Å². The summed E-state index contributed by atoms with van der Waals surface area (Å²) in [6.45, 7) is 1.75. The lowest BCUT2D eigenvalue weighted by atomic mass is 9.95. The molecule has 0 radical (unpaired) electrons. The lowest BCUT2D eigenvalue weighted by Gasteiger charge is -2.27. The van der Waals surface area contributed by atoms with E-state index in [0.717, 1.165) is 37.0 Å². The number of benzene rings is 1. The van der Waals surface area contributed by atoms with E-state index < -0.39 is 11.6 Å². The van der Waals surface area contributed by atoms with Gasteiger partial charge in [-0.15, -0.1) is 0 Å². The van der Waals surface area contributed by atoms with Crippen LogP contribution in [0.4, 0.5) is 0 Å². The van der Waals surface area contributed by atoms with Gasteiger partial charge in [0.05, 0.1) is 5.71 Å². The molecule has 1 aliphatic carbocycles. The van der Waals surface area contributed by atoms with E-state index in [0.29, 0.717) is 18.1 Å². The molecular formula is C18H20N4O3. The summed E-state index contributed by atoms with van der Waals surface area (Å²) in [7, 11) is 0. The Balaban J connectivity index is 1.47. The largest absolute Gasteiger partial charge is 0.382 e. The molecule has 0 bridgehead atoms. The minimum Gasteiger partial charge on any atom is -0.382 e. The van der Waals surface area contributed by atoms with E-state index in [4.69, 9.17) is 9.36 Å². The van der Waals surface area contributed by atoms with Gasteiger partial charge in [-0.2, -0.15) is 4.98 Å². The number of hydrogen-bond acceptors (Lipinski definition) is 6. The summed E-state index contributed by atoms with van der Waals surface area (Å²) in [6, 6.07) is 9.75. The third-order valence-electron chi connectivity index (χ3n) is 4.84. The minimum absolute atomic E-state index is 0.181. The van der Waals surface area contributed by atoms with Gasteiger partial charge in [-0.05, 0) is 18.4 Å². The van der Waals surface area contributed by atoms with Crippen molar-refractivity contribution in [2.24, 2.45) is 5.16 Å². The maximum absolute atomic E-state index is 12.8. The quantitative estimate of drug-likeness (QED) is 0.923. The average molecular weight is 340 g/mol. The van der Waals surface area contributed by atoms with Crippen molar-refractivity contribution in [1.82, 2.24) is 15.5 Å². The maximum Gasteiger partial charge on any atom is 0.265 e. The van der Waals surface area contributed by atoms with Crippen molar-refractivity contribution in [3.63, 3.8) is 0 Å². The van der Waals surface area contributed by atoms with Crippen molar-refractivity contribution in [1.29, 1.82) is 0 Å². The molecule has 1 fully saturated rings. The Kier molecular flexibility index (Phi) is 3.99. The number of nitrogens with zero attached hydrogens (tertiary/aromatic N) is 3. The van der Waals surface area contributed by atoms with Crippen molar-refractivity contribution in [2.45, 2.75) is 50.7 Å². The standard InChI is InChI=1S/C18H20N4O3/c1-12-19-17(22-24-12)18(9-5-6-10-18)20-16(23)15-11-14(21-25-15)13-7-3-2-4-8-13/h2-4,7-8,15H,5-6,9-11H2,1H3,(H,20,23)/t15-/m1/s1. The van der Waals surface area contributed by atoms with Crippen LogP contribution in [0.2, 0.25) is 0 Å². The molecule has 7 heteroatoms. The molecule has 2 aromatic rings. The lowest BCUT2D eigenvalue weighted by Crippen LogP contribution is -2.48. The molecule has 1 aromatic carbocycles. The van der Waals surface area contributed by atoms with Crippen LogP contribution in [0.1, 0.15) is 49.4 Å². The molecule has 1 amide bonds. The van der Waals surface area contributed by atoms with Gasteiger partial charge in [0.2, 0.25) is 12.0 Å². The Morgan fingerprint density at radius 1 is 1.24 bits per heavy atom. The first-order valence-corrected chi connectivity index (χ1v) is 8.57. The molecule has 1 aliphatic heterocycles. The smallest absolute Gasteiger partial charge is 0.265 e. The van der Waals surface area contributed by atoms with Crippen LogP contribution < -0.4 is 5.32 Å². The summed E-state index contributed by atoms with van der Waals surface area (Å²) in [4.78, 5) is 22.5. The number of nitrogens with one attached hydrogen (secondary N) is 1. The van der Waals surface area contributed by atoms with E-state index in [2.05, 4.69) is 20.6 Å². The second-order valence-electron chi connectivity index (χ2n) is 6.62. The number of aromatic nitrogens is 2.